The highest BCUT2D eigenvalue weighted by Gasteiger charge is 2.82. The molecule has 9 atom stereocenters. The maximum absolute atomic E-state index is 14.9. The van der Waals surface area contributed by atoms with Crippen molar-refractivity contribution >= 4 is 29.7 Å². The van der Waals surface area contributed by atoms with Gasteiger partial charge in [-0.05, 0) is 42.5 Å². The summed E-state index contributed by atoms with van der Waals surface area (Å²) in [6.45, 7) is 11.9. The minimum Gasteiger partial charge on any atom is -0.454 e. The summed E-state index contributed by atoms with van der Waals surface area (Å²) >= 11 is 0. The van der Waals surface area contributed by atoms with Crippen LogP contribution in [0, 0.1) is 28.6 Å². The van der Waals surface area contributed by atoms with E-state index in [9.17, 15) is 24.0 Å². The number of rotatable bonds is 3. The average Bonchev–Trinajstić information content (AvgIpc) is 3.30. The second-order valence-corrected chi connectivity index (χ2v) is 13.2. The third kappa shape index (κ3) is 3.33. The summed E-state index contributed by atoms with van der Waals surface area (Å²) in [5, 5.41) is 0. The zero-order chi connectivity index (χ0) is 30.6. The van der Waals surface area contributed by atoms with Gasteiger partial charge in [-0.3, -0.25) is 14.4 Å². The summed E-state index contributed by atoms with van der Waals surface area (Å²) in [6.07, 6.45) is -4.19. The van der Waals surface area contributed by atoms with Crippen LogP contribution < -0.4 is 0 Å². The van der Waals surface area contributed by atoms with E-state index < -0.39 is 76.1 Å². The van der Waals surface area contributed by atoms with E-state index in [-0.39, 0.29) is 23.9 Å². The van der Waals surface area contributed by atoms with Crippen LogP contribution in [0.1, 0.15) is 65.2 Å². The summed E-state index contributed by atoms with van der Waals surface area (Å²) in [5.74, 6) is -4.19. The zero-order valence-electron chi connectivity index (χ0n) is 24.8. The Balaban J connectivity index is 1.70. The van der Waals surface area contributed by atoms with Gasteiger partial charge >= 0.3 is 18.1 Å². The summed E-state index contributed by atoms with van der Waals surface area (Å²) < 4.78 is 30.2. The van der Waals surface area contributed by atoms with Crippen LogP contribution in [0.5, 0.6) is 0 Å². The van der Waals surface area contributed by atoms with Gasteiger partial charge in [0.05, 0.1) is 18.1 Å². The molecule has 3 aliphatic carbocycles. The number of esters is 2. The zero-order valence-corrected chi connectivity index (χ0v) is 24.8. The standard InChI is InChI=1S/C32H36O10/c1-15-13-20-31(14-38-20,41-18(4)33)23-26(39-27(36)19-11-9-8-10-12-19)32-25(40-28(37)42-32)22(34)16(2)21(29(32,5)6)17(3)24(35)30(15,23)7/h8-12,15,17,20,23,25-26H,13-14H2,1-7H3/t15-,17?,20?,23-,25-,26-,30+,31-,32+/m0/s1. The van der Waals surface area contributed by atoms with E-state index in [1.807, 2.05) is 6.92 Å². The van der Waals surface area contributed by atoms with E-state index in [1.165, 1.54) is 6.92 Å². The first-order valence-electron chi connectivity index (χ1n) is 14.4. The Morgan fingerprint density at radius 3 is 2.29 bits per heavy atom. The second kappa shape index (κ2) is 8.99. The van der Waals surface area contributed by atoms with E-state index in [1.54, 1.807) is 65.0 Å². The van der Waals surface area contributed by atoms with E-state index in [0.29, 0.717) is 17.6 Å². The van der Waals surface area contributed by atoms with Crippen LogP contribution in [0.4, 0.5) is 4.79 Å². The van der Waals surface area contributed by atoms with Crippen molar-refractivity contribution in [1.82, 2.24) is 0 Å². The van der Waals surface area contributed by atoms with Crippen molar-refractivity contribution in [1.29, 1.82) is 0 Å². The van der Waals surface area contributed by atoms with Gasteiger partial charge < -0.3 is 23.7 Å². The van der Waals surface area contributed by atoms with Crippen molar-refractivity contribution in [2.24, 2.45) is 28.6 Å². The van der Waals surface area contributed by atoms with E-state index in [4.69, 9.17) is 23.7 Å². The van der Waals surface area contributed by atoms with Crippen LogP contribution >= 0.6 is 0 Å². The van der Waals surface area contributed by atoms with Gasteiger partial charge in [0.25, 0.3) is 0 Å². The van der Waals surface area contributed by atoms with E-state index in [2.05, 4.69) is 0 Å². The quantitative estimate of drug-likeness (QED) is 0.382. The molecule has 10 heteroatoms. The Morgan fingerprint density at radius 1 is 1.02 bits per heavy atom. The molecule has 1 spiro atoms. The molecule has 2 aliphatic heterocycles. The fourth-order valence-corrected chi connectivity index (χ4v) is 8.99. The normalized spacial score (nSPS) is 41.5. The highest BCUT2D eigenvalue weighted by atomic mass is 16.8. The molecule has 0 radical (unpaired) electrons. The van der Waals surface area contributed by atoms with Gasteiger partial charge in [-0.2, -0.15) is 0 Å². The summed E-state index contributed by atoms with van der Waals surface area (Å²) in [7, 11) is 0. The molecule has 224 valence electrons. The molecule has 2 saturated heterocycles. The number of carbonyl (C=O) groups excluding carboxylic acids is 5. The van der Waals surface area contributed by atoms with Gasteiger partial charge in [-0.1, -0.05) is 52.8 Å². The van der Waals surface area contributed by atoms with Gasteiger partial charge in [0, 0.05) is 23.7 Å². The molecule has 0 aromatic heterocycles. The first-order valence-corrected chi connectivity index (χ1v) is 14.4. The molecular formula is C32H36O10. The lowest BCUT2D eigenvalue weighted by atomic mass is 9.42. The highest BCUT2D eigenvalue weighted by molar-refractivity contribution is 6.05. The number of benzene rings is 1. The Bertz CT molecular complexity index is 1440. The Kier molecular flexibility index (Phi) is 6.12. The lowest BCUT2D eigenvalue weighted by molar-refractivity contribution is -0.337. The lowest BCUT2D eigenvalue weighted by Crippen LogP contribution is -2.81. The molecule has 4 fully saturated rings. The maximum atomic E-state index is 14.9. The molecule has 5 aliphatic rings. The molecule has 6 rings (SSSR count). The van der Waals surface area contributed by atoms with E-state index in [0.717, 1.165) is 0 Å². The van der Waals surface area contributed by atoms with Crippen LogP contribution in [-0.2, 0) is 38.1 Å². The predicted octanol–water partition coefficient (Wildman–Crippen LogP) is 3.99. The highest BCUT2D eigenvalue weighted by Crippen LogP contribution is 2.67. The summed E-state index contributed by atoms with van der Waals surface area (Å²) in [4.78, 5) is 68.5. The molecular weight excluding hydrogens is 544 g/mol. The van der Waals surface area contributed by atoms with Gasteiger partial charge in [-0.25, -0.2) is 9.59 Å². The van der Waals surface area contributed by atoms with Crippen molar-refractivity contribution in [2.45, 2.75) is 84.4 Å². The van der Waals surface area contributed by atoms with Crippen molar-refractivity contribution in [3.63, 3.8) is 0 Å². The minimum absolute atomic E-state index is 0.0586. The number of Topliss-reactive ketones (excluding diaryl/α,β-unsaturated/α-hetero) is 2. The molecule has 2 saturated carbocycles. The molecule has 0 amide bonds. The first-order chi connectivity index (χ1) is 19.6. The Morgan fingerprint density at radius 2 is 1.69 bits per heavy atom. The predicted molar refractivity (Wildman–Crippen MR) is 145 cm³/mol. The fraction of sp³-hybridized carbons (Fsp3) is 0.594. The molecule has 10 nitrogen and oxygen atoms in total. The Labute approximate surface area is 244 Å². The number of fused-ring (bicyclic) bond motifs is 4. The Hall–Kier alpha value is -3.53. The van der Waals surface area contributed by atoms with Gasteiger partial charge in [0.2, 0.25) is 17.5 Å². The van der Waals surface area contributed by atoms with Gasteiger partial charge in [0.1, 0.15) is 11.9 Å². The summed E-state index contributed by atoms with van der Waals surface area (Å²) in [6, 6.07) is 8.28. The second-order valence-electron chi connectivity index (χ2n) is 13.2. The molecule has 1 aromatic rings. The number of ketones is 2. The van der Waals surface area contributed by atoms with Crippen LogP contribution in [0.25, 0.3) is 0 Å². The third-order valence-electron chi connectivity index (χ3n) is 11.0. The van der Waals surface area contributed by atoms with Crippen LogP contribution in [-0.4, -0.2) is 65.8 Å². The SMILES string of the molecule is CC(=O)O[C@@]12COC1C[C@H](C)[C@@]1(C)C(=O)C(C)C3=C(C)C(=O)[C@@H]4OC(=O)O[C@]4([C@@H](OC(=O)c4ccccc4)[C@@H]12)C3(C)C. The molecule has 2 bridgehead atoms. The number of hydrogen-bond acceptors (Lipinski definition) is 10. The third-order valence-corrected chi connectivity index (χ3v) is 11.0. The van der Waals surface area contributed by atoms with Crippen molar-refractivity contribution < 1.29 is 47.7 Å². The molecule has 2 unspecified atom stereocenters. The minimum atomic E-state index is -1.88. The molecule has 1 aromatic carbocycles. The van der Waals surface area contributed by atoms with Crippen molar-refractivity contribution in [3.05, 3.63) is 47.0 Å². The van der Waals surface area contributed by atoms with Crippen LogP contribution in [0.2, 0.25) is 0 Å². The van der Waals surface area contributed by atoms with Gasteiger partial charge in [-0.15, -0.1) is 0 Å². The average molecular weight is 581 g/mol. The number of ether oxygens (including phenoxy) is 5. The van der Waals surface area contributed by atoms with Crippen molar-refractivity contribution in [2.75, 3.05) is 6.61 Å². The molecule has 0 N–H and O–H groups in total. The van der Waals surface area contributed by atoms with Gasteiger partial charge in [0.15, 0.2) is 11.7 Å². The fourth-order valence-electron chi connectivity index (χ4n) is 8.99. The first kappa shape index (κ1) is 28.6. The van der Waals surface area contributed by atoms with Crippen LogP contribution in [0.3, 0.4) is 0 Å². The lowest BCUT2D eigenvalue weighted by Gasteiger charge is -2.67. The molecule has 2 heterocycles. The van der Waals surface area contributed by atoms with Crippen LogP contribution in [0.15, 0.2) is 41.5 Å². The number of hydrogen-bond donors (Lipinski definition) is 0. The maximum Gasteiger partial charge on any atom is 0.510 e. The monoisotopic (exact) mass is 580 g/mol. The van der Waals surface area contributed by atoms with E-state index >= 15 is 0 Å². The number of carbonyl (C=O) groups is 5. The van der Waals surface area contributed by atoms with Crippen molar-refractivity contribution in [3.8, 4) is 0 Å². The largest absolute Gasteiger partial charge is 0.510 e. The molecule has 42 heavy (non-hydrogen) atoms. The topological polar surface area (TPSA) is 132 Å². The summed E-state index contributed by atoms with van der Waals surface area (Å²) in [5.41, 5.74) is -4.72. The smallest absolute Gasteiger partial charge is 0.454 e.